The summed E-state index contributed by atoms with van der Waals surface area (Å²) in [6.45, 7) is 10.1. The molecule has 0 amide bonds. The van der Waals surface area contributed by atoms with Crippen LogP contribution in [-0.2, 0) is 6.54 Å². The lowest BCUT2D eigenvalue weighted by atomic mass is 9.92. The van der Waals surface area contributed by atoms with E-state index in [-0.39, 0.29) is 0 Å². The van der Waals surface area contributed by atoms with Crippen molar-refractivity contribution >= 4 is 0 Å². The van der Waals surface area contributed by atoms with Crippen LogP contribution in [0.5, 0.6) is 0 Å². The zero-order valence-corrected chi connectivity index (χ0v) is 16.7. The van der Waals surface area contributed by atoms with Gasteiger partial charge in [0.25, 0.3) is 0 Å². The lowest BCUT2D eigenvalue weighted by Crippen LogP contribution is -2.53. The van der Waals surface area contributed by atoms with Crippen molar-refractivity contribution in [1.82, 2.24) is 14.7 Å². The third-order valence-corrected chi connectivity index (χ3v) is 7.64. The number of likely N-dealkylation sites (tertiary alicyclic amines) is 1. The van der Waals surface area contributed by atoms with Crippen LogP contribution in [0.4, 0.5) is 0 Å². The van der Waals surface area contributed by atoms with Crippen LogP contribution in [0.25, 0.3) is 0 Å². The van der Waals surface area contributed by atoms with Crippen molar-refractivity contribution in [3.05, 3.63) is 48.0 Å². The second kappa shape index (κ2) is 8.06. The second-order valence-corrected chi connectivity index (χ2v) is 9.37. The molecule has 5 rings (SSSR count). The summed E-state index contributed by atoms with van der Waals surface area (Å²) in [5.41, 5.74) is 1.45. The lowest BCUT2D eigenvalue weighted by Gasteiger charge is -2.43. The van der Waals surface area contributed by atoms with Crippen molar-refractivity contribution in [3.63, 3.8) is 0 Å². The minimum atomic E-state index is 0.833. The first-order valence-electron chi connectivity index (χ1n) is 11.2. The highest BCUT2D eigenvalue weighted by Crippen LogP contribution is 2.43. The Labute approximate surface area is 165 Å². The molecule has 0 unspecified atom stereocenters. The van der Waals surface area contributed by atoms with E-state index in [0.717, 1.165) is 30.3 Å². The Morgan fingerprint density at radius 3 is 2.22 bits per heavy atom. The lowest BCUT2D eigenvalue weighted by molar-refractivity contribution is 0.0520. The molecule has 2 aliphatic heterocycles. The van der Waals surface area contributed by atoms with E-state index >= 15 is 0 Å². The van der Waals surface area contributed by atoms with E-state index in [9.17, 15) is 0 Å². The topological polar surface area (TPSA) is 9.72 Å². The Morgan fingerprint density at radius 1 is 0.778 bits per heavy atom. The molecule has 0 radical (unpaired) electrons. The van der Waals surface area contributed by atoms with Crippen molar-refractivity contribution in [3.8, 4) is 0 Å². The zero-order valence-electron chi connectivity index (χ0n) is 16.7. The van der Waals surface area contributed by atoms with E-state index < -0.39 is 0 Å². The van der Waals surface area contributed by atoms with Gasteiger partial charge in [-0.05, 0) is 62.1 Å². The monoisotopic (exact) mass is 365 g/mol. The molecule has 3 heteroatoms. The number of fused-ring (bicyclic) bond motifs is 2. The van der Waals surface area contributed by atoms with E-state index in [1.807, 2.05) is 0 Å². The summed E-state index contributed by atoms with van der Waals surface area (Å²) in [7, 11) is 0. The molecule has 3 atom stereocenters. The standard InChI is InChI=1S/C24H35N3/c1-2-4-20(5-3-1)18-26-12-14-27(15-13-26)24-8-10-25(11-9-24)19-23-17-21-6-7-22(23)16-21/h1-7,21-24H,8-19H2/t21-,22+,23+/m0/s1. The van der Waals surface area contributed by atoms with Crippen LogP contribution in [-0.4, -0.2) is 66.6 Å². The van der Waals surface area contributed by atoms with E-state index in [2.05, 4.69) is 57.2 Å². The maximum absolute atomic E-state index is 2.79. The van der Waals surface area contributed by atoms with Crippen LogP contribution in [0, 0.1) is 17.8 Å². The van der Waals surface area contributed by atoms with Gasteiger partial charge in [0.1, 0.15) is 0 Å². The van der Waals surface area contributed by atoms with Crippen LogP contribution in [0.1, 0.15) is 31.2 Å². The molecule has 4 aliphatic rings. The maximum atomic E-state index is 2.79. The summed E-state index contributed by atoms with van der Waals surface area (Å²) in [6, 6.07) is 11.8. The Balaban J connectivity index is 1.04. The third-order valence-electron chi connectivity index (χ3n) is 7.64. The van der Waals surface area contributed by atoms with Gasteiger partial charge in [-0.1, -0.05) is 42.5 Å². The van der Waals surface area contributed by atoms with Crippen molar-refractivity contribution in [2.24, 2.45) is 17.8 Å². The first kappa shape index (κ1) is 17.9. The Hall–Kier alpha value is -1.16. The van der Waals surface area contributed by atoms with Gasteiger partial charge >= 0.3 is 0 Å². The normalized spacial score (nSPS) is 33.1. The predicted molar refractivity (Wildman–Crippen MR) is 112 cm³/mol. The molecule has 27 heavy (non-hydrogen) atoms. The van der Waals surface area contributed by atoms with E-state index in [1.165, 1.54) is 77.1 Å². The minimum absolute atomic E-state index is 0.833. The van der Waals surface area contributed by atoms with E-state index in [4.69, 9.17) is 0 Å². The van der Waals surface area contributed by atoms with Gasteiger partial charge in [0.15, 0.2) is 0 Å². The molecule has 3 fully saturated rings. The van der Waals surface area contributed by atoms with Gasteiger partial charge in [0.05, 0.1) is 0 Å². The Kier molecular flexibility index (Phi) is 5.35. The molecule has 0 aromatic heterocycles. The number of hydrogen-bond donors (Lipinski definition) is 0. The zero-order chi connectivity index (χ0) is 18.1. The van der Waals surface area contributed by atoms with Gasteiger partial charge in [-0.3, -0.25) is 9.80 Å². The number of nitrogens with zero attached hydrogens (tertiary/aromatic N) is 3. The Morgan fingerprint density at radius 2 is 1.56 bits per heavy atom. The summed E-state index contributed by atoms with van der Waals surface area (Å²) >= 11 is 0. The number of benzene rings is 1. The molecule has 2 aliphatic carbocycles. The number of piperidine rings is 1. The van der Waals surface area contributed by atoms with Gasteiger partial charge in [-0.2, -0.15) is 0 Å². The van der Waals surface area contributed by atoms with Gasteiger partial charge in [0.2, 0.25) is 0 Å². The summed E-state index contributed by atoms with van der Waals surface area (Å²) in [4.78, 5) is 8.20. The van der Waals surface area contributed by atoms with Crippen molar-refractivity contribution < 1.29 is 0 Å². The van der Waals surface area contributed by atoms with Gasteiger partial charge in [-0.15, -0.1) is 0 Å². The SMILES string of the molecule is C1=C[C@@H]2C[C@H]1C[C@@H]2CN1CCC(N2CCN(Cc3ccccc3)CC2)CC1. The van der Waals surface area contributed by atoms with Gasteiger partial charge in [-0.25, -0.2) is 0 Å². The molecule has 0 spiro atoms. The van der Waals surface area contributed by atoms with Gasteiger partial charge < -0.3 is 4.90 Å². The summed E-state index contributed by atoms with van der Waals surface area (Å²) in [5, 5.41) is 0. The predicted octanol–water partition coefficient (Wildman–Crippen LogP) is 3.48. The third kappa shape index (κ3) is 4.16. The quantitative estimate of drug-likeness (QED) is 0.740. The number of piperazine rings is 1. The maximum Gasteiger partial charge on any atom is 0.0234 e. The van der Waals surface area contributed by atoms with Crippen LogP contribution < -0.4 is 0 Å². The first-order valence-corrected chi connectivity index (χ1v) is 11.2. The van der Waals surface area contributed by atoms with E-state index in [1.54, 1.807) is 0 Å². The molecular formula is C24H35N3. The van der Waals surface area contributed by atoms with Crippen molar-refractivity contribution in [2.75, 3.05) is 45.8 Å². The summed E-state index contributed by atoms with van der Waals surface area (Å²) in [6.07, 6.45) is 10.7. The van der Waals surface area contributed by atoms with Crippen LogP contribution in [0.15, 0.2) is 42.5 Å². The summed E-state index contributed by atoms with van der Waals surface area (Å²) in [5.74, 6) is 2.79. The van der Waals surface area contributed by atoms with Crippen LogP contribution in [0.3, 0.4) is 0 Å². The second-order valence-electron chi connectivity index (χ2n) is 9.37. The molecule has 146 valence electrons. The van der Waals surface area contributed by atoms with Crippen molar-refractivity contribution in [1.29, 1.82) is 0 Å². The fraction of sp³-hybridized carbons (Fsp3) is 0.667. The number of rotatable bonds is 5. The molecule has 1 aromatic carbocycles. The molecule has 2 saturated heterocycles. The van der Waals surface area contributed by atoms with Crippen LogP contribution >= 0.6 is 0 Å². The summed E-state index contributed by atoms with van der Waals surface area (Å²) < 4.78 is 0. The molecule has 2 heterocycles. The number of allylic oxidation sites excluding steroid dienone is 2. The van der Waals surface area contributed by atoms with Crippen LogP contribution in [0.2, 0.25) is 0 Å². The highest BCUT2D eigenvalue weighted by Gasteiger charge is 2.37. The molecule has 2 bridgehead atoms. The molecule has 1 aromatic rings. The fourth-order valence-electron chi connectivity index (χ4n) is 6.03. The highest BCUT2D eigenvalue weighted by molar-refractivity contribution is 5.14. The smallest absolute Gasteiger partial charge is 0.0234 e. The van der Waals surface area contributed by atoms with Gasteiger partial charge in [0, 0.05) is 45.3 Å². The fourth-order valence-corrected chi connectivity index (χ4v) is 6.03. The van der Waals surface area contributed by atoms with E-state index in [0.29, 0.717) is 0 Å². The Bertz CT molecular complexity index is 626. The average Bonchev–Trinajstić information content (AvgIpc) is 3.33. The molecular weight excluding hydrogens is 330 g/mol. The first-order chi connectivity index (χ1) is 13.3. The molecule has 3 nitrogen and oxygen atoms in total. The highest BCUT2D eigenvalue weighted by atomic mass is 15.3. The molecule has 1 saturated carbocycles. The average molecular weight is 366 g/mol. The molecule has 0 N–H and O–H groups in total. The van der Waals surface area contributed by atoms with Crippen molar-refractivity contribution in [2.45, 2.75) is 38.3 Å². The largest absolute Gasteiger partial charge is 0.303 e. The minimum Gasteiger partial charge on any atom is -0.303 e. The number of hydrogen-bond acceptors (Lipinski definition) is 3.